The normalized spacial score (nSPS) is 14.8. The number of nitrogens with zero attached hydrogens (tertiary/aromatic N) is 1. The number of carbonyl (C=O) groups excluding carboxylic acids is 3. The number of imide groups is 1. The van der Waals surface area contributed by atoms with Crippen LogP contribution < -0.4 is 10.1 Å². The van der Waals surface area contributed by atoms with Gasteiger partial charge in [0.05, 0.1) is 9.93 Å². The fraction of sp³-hybridized carbons (Fsp3) is 0.100. The van der Waals surface area contributed by atoms with Gasteiger partial charge in [-0.2, -0.15) is 0 Å². The minimum Gasteiger partial charge on any atom is -0.482 e. The third-order valence-electron chi connectivity index (χ3n) is 3.92. The zero-order valence-corrected chi connectivity index (χ0v) is 18.8. The van der Waals surface area contributed by atoms with E-state index in [9.17, 15) is 19.2 Å². The van der Waals surface area contributed by atoms with Crippen LogP contribution in [-0.2, 0) is 14.4 Å². The molecule has 31 heavy (non-hydrogen) atoms. The molecule has 2 aromatic rings. The number of rotatable bonds is 7. The first-order chi connectivity index (χ1) is 14.7. The van der Waals surface area contributed by atoms with Crippen molar-refractivity contribution in [2.45, 2.75) is 0 Å². The average molecular weight is 526 g/mol. The Morgan fingerprint density at radius 1 is 1.19 bits per heavy atom. The number of aliphatic carboxylic acids is 1. The van der Waals surface area contributed by atoms with Crippen LogP contribution >= 0.6 is 39.3 Å². The van der Waals surface area contributed by atoms with E-state index in [2.05, 4.69) is 21.2 Å². The van der Waals surface area contributed by atoms with E-state index in [0.717, 1.165) is 16.7 Å². The minimum absolute atomic E-state index is 0.170. The molecule has 1 heterocycles. The Morgan fingerprint density at radius 2 is 1.90 bits per heavy atom. The van der Waals surface area contributed by atoms with E-state index in [4.69, 9.17) is 21.4 Å². The standard InChI is InChI=1S/C20H14BrClN2O6S/c21-14-6-3-12(8-15(14)22)23-17(25)9-24-19(28)16(31-20(24)29)7-11-1-4-13(5-2-11)30-10-18(26)27/h1-8H,9-10H2,(H,23,25)(H,26,27)/b16-7+. The molecule has 8 nitrogen and oxygen atoms in total. The molecule has 0 radical (unpaired) electrons. The Kier molecular flexibility index (Phi) is 7.37. The summed E-state index contributed by atoms with van der Waals surface area (Å²) < 4.78 is 5.72. The van der Waals surface area contributed by atoms with Crippen LogP contribution in [0.1, 0.15) is 5.56 Å². The summed E-state index contributed by atoms with van der Waals surface area (Å²) in [5.74, 6) is -1.85. The lowest BCUT2D eigenvalue weighted by molar-refractivity contribution is -0.139. The van der Waals surface area contributed by atoms with Gasteiger partial charge < -0.3 is 15.2 Å². The van der Waals surface area contributed by atoms with E-state index < -0.39 is 36.2 Å². The maximum Gasteiger partial charge on any atom is 0.341 e. The van der Waals surface area contributed by atoms with Gasteiger partial charge in [0, 0.05) is 10.2 Å². The van der Waals surface area contributed by atoms with Gasteiger partial charge in [0.15, 0.2) is 6.61 Å². The first-order valence-electron chi connectivity index (χ1n) is 8.68. The molecule has 0 spiro atoms. The van der Waals surface area contributed by atoms with Crippen molar-refractivity contribution < 1.29 is 29.0 Å². The molecule has 160 valence electrons. The molecule has 2 N–H and O–H groups in total. The Hall–Kier alpha value is -2.82. The van der Waals surface area contributed by atoms with Gasteiger partial charge in [0.1, 0.15) is 12.3 Å². The van der Waals surface area contributed by atoms with Crippen LogP contribution in [0.15, 0.2) is 51.8 Å². The quantitative estimate of drug-likeness (QED) is 0.520. The lowest BCUT2D eigenvalue weighted by Crippen LogP contribution is -2.36. The molecule has 0 unspecified atom stereocenters. The molecule has 1 aliphatic heterocycles. The van der Waals surface area contributed by atoms with Gasteiger partial charge in [0.2, 0.25) is 5.91 Å². The number of carbonyl (C=O) groups is 4. The fourth-order valence-corrected chi connectivity index (χ4v) is 3.78. The average Bonchev–Trinajstić information content (AvgIpc) is 2.97. The second-order valence-corrected chi connectivity index (χ2v) is 8.45. The molecule has 0 atom stereocenters. The summed E-state index contributed by atoms with van der Waals surface area (Å²) in [7, 11) is 0. The first-order valence-corrected chi connectivity index (χ1v) is 10.7. The van der Waals surface area contributed by atoms with Crippen molar-refractivity contribution in [3.05, 3.63) is 62.4 Å². The summed E-state index contributed by atoms with van der Waals surface area (Å²) in [5, 5.41) is 11.1. The minimum atomic E-state index is -1.09. The number of benzene rings is 2. The Balaban J connectivity index is 1.63. The Bertz CT molecular complexity index is 1090. The van der Waals surface area contributed by atoms with E-state index in [1.54, 1.807) is 42.5 Å². The zero-order chi connectivity index (χ0) is 22.5. The van der Waals surface area contributed by atoms with Gasteiger partial charge in [-0.15, -0.1) is 0 Å². The molecule has 0 bridgehead atoms. The maximum absolute atomic E-state index is 12.6. The number of amides is 3. The summed E-state index contributed by atoms with van der Waals surface area (Å²) >= 11 is 9.97. The van der Waals surface area contributed by atoms with Crippen LogP contribution in [0.25, 0.3) is 6.08 Å². The number of nitrogens with one attached hydrogen (secondary N) is 1. The SMILES string of the molecule is O=C(O)COc1ccc(/C=C2/SC(=O)N(CC(=O)Nc3ccc(Br)c(Cl)c3)C2=O)cc1. The molecule has 1 saturated heterocycles. The van der Waals surface area contributed by atoms with E-state index in [1.165, 1.54) is 6.08 Å². The van der Waals surface area contributed by atoms with Crippen molar-refractivity contribution in [3.8, 4) is 5.75 Å². The summed E-state index contributed by atoms with van der Waals surface area (Å²) in [6, 6.07) is 11.2. The molecule has 11 heteroatoms. The highest BCUT2D eigenvalue weighted by molar-refractivity contribution is 9.10. The molecular weight excluding hydrogens is 512 g/mol. The zero-order valence-electron chi connectivity index (χ0n) is 15.6. The van der Waals surface area contributed by atoms with Gasteiger partial charge in [-0.25, -0.2) is 4.79 Å². The molecule has 0 aromatic heterocycles. The monoisotopic (exact) mass is 524 g/mol. The molecule has 0 aliphatic carbocycles. The predicted octanol–water partition coefficient (Wildman–Crippen LogP) is 4.24. The molecule has 1 fully saturated rings. The lowest BCUT2D eigenvalue weighted by atomic mass is 10.2. The lowest BCUT2D eigenvalue weighted by Gasteiger charge is -2.12. The topological polar surface area (TPSA) is 113 Å². The van der Waals surface area contributed by atoms with Crippen LogP contribution in [-0.4, -0.2) is 46.2 Å². The first kappa shape index (κ1) is 22.9. The Morgan fingerprint density at radius 3 is 2.55 bits per heavy atom. The van der Waals surface area contributed by atoms with Crippen LogP contribution in [0.3, 0.4) is 0 Å². The number of ether oxygens (including phenoxy) is 1. The number of carboxylic acids is 1. The second-order valence-electron chi connectivity index (χ2n) is 6.20. The van der Waals surface area contributed by atoms with E-state index >= 15 is 0 Å². The highest BCUT2D eigenvalue weighted by atomic mass is 79.9. The molecule has 3 rings (SSSR count). The van der Waals surface area contributed by atoms with Crippen LogP contribution in [0, 0.1) is 0 Å². The number of hydrogen-bond acceptors (Lipinski definition) is 6. The van der Waals surface area contributed by atoms with E-state index in [0.29, 0.717) is 26.5 Å². The second kappa shape index (κ2) is 9.99. The molecule has 3 amide bonds. The van der Waals surface area contributed by atoms with Crippen molar-refractivity contribution in [2.75, 3.05) is 18.5 Å². The van der Waals surface area contributed by atoms with E-state index in [1.807, 2.05) is 0 Å². The highest BCUT2D eigenvalue weighted by Gasteiger charge is 2.36. The Labute approximate surface area is 194 Å². The summed E-state index contributed by atoms with van der Waals surface area (Å²) in [5.41, 5.74) is 1.05. The number of carboxylic acid groups (broad SMARTS) is 1. The molecular formula is C20H14BrClN2O6S. The number of halogens is 2. The highest BCUT2D eigenvalue weighted by Crippen LogP contribution is 2.32. The van der Waals surface area contributed by atoms with Crippen molar-refractivity contribution in [3.63, 3.8) is 0 Å². The van der Waals surface area contributed by atoms with Gasteiger partial charge in [-0.1, -0.05) is 23.7 Å². The van der Waals surface area contributed by atoms with Crippen molar-refractivity contribution in [2.24, 2.45) is 0 Å². The van der Waals surface area contributed by atoms with Gasteiger partial charge in [-0.3, -0.25) is 19.3 Å². The van der Waals surface area contributed by atoms with Gasteiger partial charge in [-0.05, 0) is 69.7 Å². The third kappa shape index (κ3) is 6.09. The maximum atomic E-state index is 12.6. The van der Waals surface area contributed by atoms with Crippen molar-refractivity contribution >= 4 is 74.1 Å². The smallest absolute Gasteiger partial charge is 0.341 e. The van der Waals surface area contributed by atoms with Gasteiger partial charge >= 0.3 is 5.97 Å². The number of anilines is 1. The predicted molar refractivity (Wildman–Crippen MR) is 120 cm³/mol. The summed E-state index contributed by atoms with van der Waals surface area (Å²) in [6.07, 6.45) is 1.51. The van der Waals surface area contributed by atoms with Crippen molar-refractivity contribution in [1.82, 2.24) is 4.90 Å². The third-order valence-corrected chi connectivity index (χ3v) is 6.06. The van der Waals surface area contributed by atoms with Crippen LogP contribution in [0.5, 0.6) is 5.75 Å². The number of thioether (sulfide) groups is 1. The molecule has 1 aliphatic rings. The summed E-state index contributed by atoms with van der Waals surface area (Å²) in [4.78, 5) is 48.6. The molecule has 2 aromatic carbocycles. The summed E-state index contributed by atoms with van der Waals surface area (Å²) in [6.45, 7) is -0.898. The van der Waals surface area contributed by atoms with Gasteiger partial charge in [0.25, 0.3) is 11.1 Å². The fourth-order valence-electron chi connectivity index (χ4n) is 2.51. The van der Waals surface area contributed by atoms with Crippen molar-refractivity contribution in [1.29, 1.82) is 0 Å². The molecule has 0 saturated carbocycles. The van der Waals surface area contributed by atoms with Crippen LogP contribution in [0.2, 0.25) is 5.02 Å². The van der Waals surface area contributed by atoms with E-state index in [-0.39, 0.29) is 4.91 Å². The largest absolute Gasteiger partial charge is 0.482 e. The number of hydrogen-bond donors (Lipinski definition) is 2. The van der Waals surface area contributed by atoms with Crippen LogP contribution in [0.4, 0.5) is 10.5 Å².